The molecule has 0 amide bonds. The van der Waals surface area contributed by atoms with E-state index in [-0.39, 0.29) is 11.1 Å². The van der Waals surface area contributed by atoms with Gasteiger partial charge in [0.25, 0.3) is 11.1 Å². The van der Waals surface area contributed by atoms with Crippen LogP contribution in [0.5, 0.6) is 0 Å². The number of nitrogens with one attached hydrogen (secondary N) is 3. The van der Waals surface area contributed by atoms with Crippen LogP contribution in [0.15, 0.2) is 27.8 Å². The molecule has 0 saturated carbocycles. The molecule has 19 heavy (non-hydrogen) atoms. The standard InChI is InChI=1S/C13H15N3O2S/c17-12-9-4-1-5-10(11(9)13(18)16-15-12)14-8-3-2-6-19-7-8/h1,4-5,8,14H,2-3,6-7H2,(H,15,17)(H,16,18). The number of aromatic amines is 2. The Hall–Kier alpha value is -1.69. The average Bonchev–Trinajstić information content (AvgIpc) is 2.44. The van der Waals surface area contributed by atoms with Crippen LogP contribution in [0.25, 0.3) is 10.8 Å². The third-order valence-corrected chi connectivity index (χ3v) is 4.56. The van der Waals surface area contributed by atoms with E-state index in [9.17, 15) is 9.59 Å². The van der Waals surface area contributed by atoms with Crippen LogP contribution < -0.4 is 16.4 Å². The van der Waals surface area contributed by atoms with Crippen molar-refractivity contribution in [2.75, 3.05) is 16.8 Å². The quantitative estimate of drug-likeness (QED) is 0.778. The van der Waals surface area contributed by atoms with Crippen molar-refractivity contribution in [3.8, 4) is 0 Å². The molecule has 2 aromatic rings. The van der Waals surface area contributed by atoms with Crippen LogP contribution in [0.4, 0.5) is 5.69 Å². The molecule has 1 aromatic carbocycles. The van der Waals surface area contributed by atoms with E-state index < -0.39 is 0 Å². The summed E-state index contributed by atoms with van der Waals surface area (Å²) in [6.45, 7) is 0. The van der Waals surface area contributed by atoms with Crippen LogP contribution >= 0.6 is 11.8 Å². The Labute approximate surface area is 113 Å². The van der Waals surface area contributed by atoms with E-state index in [1.165, 1.54) is 12.2 Å². The maximum absolute atomic E-state index is 11.9. The number of anilines is 1. The molecule has 3 N–H and O–H groups in total. The molecule has 1 aliphatic heterocycles. The summed E-state index contributed by atoms with van der Waals surface area (Å²) in [4.78, 5) is 23.6. The molecule has 1 aliphatic rings. The van der Waals surface area contributed by atoms with Crippen LogP contribution in [0.2, 0.25) is 0 Å². The lowest BCUT2D eigenvalue weighted by atomic mass is 10.1. The highest BCUT2D eigenvalue weighted by atomic mass is 32.2. The Morgan fingerprint density at radius 3 is 2.84 bits per heavy atom. The second-order valence-electron chi connectivity index (χ2n) is 4.69. The fraction of sp³-hybridized carbons (Fsp3) is 0.385. The summed E-state index contributed by atoms with van der Waals surface area (Å²) in [5.41, 5.74) is 0.217. The fourth-order valence-electron chi connectivity index (χ4n) is 2.42. The molecule has 2 heterocycles. The van der Waals surface area contributed by atoms with Gasteiger partial charge in [-0.15, -0.1) is 0 Å². The smallest absolute Gasteiger partial charge is 0.272 e. The molecule has 0 radical (unpaired) electrons. The number of aromatic nitrogens is 2. The summed E-state index contributed by atoms with van der Waals surface area (Å²) in [5.74, 6) is 2.24. The van der Waals surface area contributed by atoms with Crippen LogP contribution in [-0.4, -0.2) is 27.7 Å². The van der Waals surface area contributed by atoms with E-state index in [2.05, 4.69) is 15.5 Å². The molecule has 1 unspecified atom stereocenters. The molecule has 1 fully saturated rings. The third kappa shape index (κ3) is 2.40. The van der Waals surface area contributed by atoms with Crippen LogP contribution in [-0.2, 0) is 0 Å². The van der Waals surface area contributed by atoms with Gasteiger partial charge >= 0.3 is 0 Å². The van der Waals surface area contributed by atoms with Crippen molar-refractivity contribution in [2.45, 2.75) is 18.9 Å². The van der Waals surface area contributed by atoms with Crippen molar-refractivity contribution in [1.82, 2.24) is 10.2 Å². The third-order valence-electron chi connectivity index (χ3n) is 3.35. The predicted molar refractivity (Wildman–Crippen MR) is 79.2 cm³/mol. The average molecular weight is 277 g/mol. The number of H-pyrrole nitrogens is 2. The summed E-state index contributed by atoms with van der Waals surface area (Å²) in [7, 11) is 0. The predicted octanol–water partition coefficient (Wildman–Crippen LogP) is 1.52. The SMILES string of the molecule is O=c1[nH][nH]c(=O)c2c(NC3CCCSC3)cccc12. The number of hydrogen-bond acceptors (Lipinski definition) is 4. The summed E-state index contributed by atoms with van der Waals surface area (Å²) >= 11 is 1.92. The van der Waals surface area contributed by atoms with Gasteiger partial charge < -0.3 is 5.32 Å². The van der Waals surface area contributed by atoms with E-state index >= 15 is 0 Å². The van der Waals surface area contributed by atoms with E-state index in [4.69, 9.17) is 0 Å². The number of rotatable bonds is 2. The molecule has 0 spiro atoms. The van der Waals surface area contributed by atoms with Crippen molar-refractivity contribution in [3.05, 3.63) is 38.9 Å². The molecular formula is C13H15N3O2S. The minimum Gasteiger partial charge on any atom is -0.381 e. The monoisotopic (exact) mass is 277 g/mol. The maximum Gasteiger partial charge on any atom is 0.272 e. The molecule has 1 saturated heterocycles. The van der Waals surface area contributed by atoms with Crippen LogP contribution in [0, 0.1) is 0 Å². The highest BCUT2D eigenvalue weighted by Crippen LogP contribution is 2.23. The summed E-state index contributed by atoms with van der Waals surface area (Å²) < 4.78 is 0. The Bertz CT molecular complexity index is 701. The molecule has 0 aliphatic carbocycles. The minimum atomic E-state index is -0.267. The van der Waals surface area contributed by atoms with Gasteiger partial charge in [0.2, 0.25) is 0 Å². The zero-order chi connectivity index (χ0) is 13.2. The fourth-order valence-corrected chi connectivity index (χ4v) is 3.50. The topological polar surface area (TPSA) is 77.8 Å². The number of benzene rings is 1. The highest BCUT2D eigenvalue weighted by molar-refractivity contribution is 7.99. The van der Waals surface area contributed by atoms with Crippen LogP contribution in [0.1, 0.15) is 12.8 Å². The van der Waals surface area contributed by atoms with Gasteiger partial charge in [0.05, 0.1) is 10.8 Å². The first-order valence-electron chi connectivity index (χ1n) is 6.33. The van der Waals surface area contributed by atoms with Gasteiger partial charge in [-0.1, -0.05) is 6.07 Å². The molecule has 5 nitrogen and oxygen atoms in total. The van der Waals surface area contributed by atoms with Crippen LogP contribution in [0.3, 0.4) is 0 Å². The maximum atomic E-state index is 11.9. The first kappa shape index (κ1) is 12.3. The van der Waals surface area contributed by atoms with Gasteiger partial charge in [-0.2, -0.15) is 11.8 Å². The Kier molecular flexibility index (Phi) is 3.33. The van der Waals surface area contributed by atoms with Crippen molar-refractivity contribution >= 4 is 28.2 Å². The van der Waals surface area contributed by atoms with Crippen molar-refractivity contribution in [2.24, 2.45) is 0 Å². The van der Waals surface area contributed by atoms with E-state index in [0.717, 1.165) is 17.9 Å². The Morgan fingerprint density at radius 2 is 2.05 bits per heavy atom. The summed E-state index contributed by atoms with van der Waals surface area (Å²) in [6.07, 6.45) is 2.29. The molecule has 0 bridgehead atoms. The van der Waals surface area contributed by atoms with Gasteiger partial charge in [-0.05, 0) is 30.7 Å². The first-order valence-corrected chi connectivity index (χ1v) is 7.49. The second kappa shape index (κ2) is 5.13. The zero-order valence-electron chi connectivity index (χ0n) is 10.4. The number of thioether (sulfide) groups is 1. The van der Waals surface area contributed by atoms with Gasteiger partial charge in [-0.25, -0.2) is 0 Å². The molecular weight excluding hydrogens is 262 g/mol. The summed E-state index contributed by atoms with van der Waals surface area (Å²) in [6, 6.07) is 5.69. The summed E-state index contributed by atoms with van der Waals surface area (Å²) in [5, 5.41) is 9.00. The Balaban J connectivity index is 2.06. The number of fused-ring (bicyclic) bond motifs is 1. The highest BCUT2D eigenvalue weighted by Gasteiger charge is 2.15. The van der Waals surface area contributed by atoms with Crippen molar-refractivity contribution in [3.63, 3.8) is 0 Å². The lowest BCUT2D eigenvalue weighted by molar-refractivity contribution is 0.686. The molecule has 100 valence electrons. The van der Waals surface area contributed by atoms with Gasteiger partial charge in [-0.3, -0.25) is 19.8 Å². The van der Waals surface area contributed by atoms with Gasteiger partial charge in [0.1, 0.15) is 0 Å². The second-order valence-corrected chi connectivity index (χ2v) is 5.84. The zero-order valence-corrected chi connectivity index (χ0v) is 11.2. The largest absolute Gasteiger partial charge is 0.381 e. The lowest BCUT2D eigenvalue weighted by Crippen LogP contribution is -2.27. The Morgan fingerprint density at radius 1 is 1.21 bits per heavy atom. The van der Waals surface area contributed by atoms with E-state index in [0.29, 0.717) is 16.8 Å². The normalized spacial score (nSPS) is 19.5. The van der Waals surface area contributed by atoms with Gasteiger partial charge in [0, 0.05) is 17.5 Å². The molecule has 1 atom stereocenters. The van der Waals surface area contributed by atoms with E-state index in [1.54, 1.807) is 12.1 Å². The minimum absolute atomic E-state index is 0.263. The van der Waals surface area contributed by atoms with Crippen molar-refractivity contribution < 1.29 is 0 Å². The lowest BCUT2D eigenvalue weighted by Gasteiger charge is -2.24. The van der Waals surface area contributed by atoms with Crippen molar-refractivity contribution in [1.29, 1.82) is 0 Å². The number of hydrogen-bond donors (Lipinski definition) is 3. The van der Waals surface area contributed by atoms with Gasteiger partial charge in [0.15, 0.2) is 0 Å². The van der Waals surface area contributed by atoms with E-state index in [1.807, 2.05) is 17.8 Å². The first-order chi connectivity index (χ1) is 9.25. The molecule has 3 rings (SSSR count). The molecule has 6 heteroatoms. The molecule has 1 aromatic heterocycles.